The van der Waals surface area contributed by atoms with Gasteiger partial charge in [0.1, 0.15) is 13.2 Å². The van der Waals surface area contributed by atoms with Gasteiger partial charge in [0.25, 0.3) is 0 Å². The molecule has 0 N–H and O–H groups in total. The molecule has 0 radical (unpaired) electrons. The Bertz CT molecular complexity index is 1750. The lowest BCUT2D eigenvalue weighted by Crippen LogP contribution is -2.30. The van der Waals surface area contributed by atoms with Gasteiger partial charge in [-0.15, -0.1) is 0 Å². The Kier molecular flexibility index (Phi) is 57.0. The van der Waals surface area contributed by atoms with Gasteiger partial charge in [0.2, 0.25) is 0 Å². The number of rotatable bonds is 51. The molecule has 75 heavy (non-hydrogen) atoms. The Hall–Kier alpha value is -5.23. The maximum atomic E-state index is 12.9. The summed E-state index contributed by atoms with van der Waals surface area (Å²) in [6.45, 7) is 6.20. The molecule has 0 aromatic heterocycles. The van der Waals surface area contributed by atoms with Crippen molar-refractivity contribution in [2.75, 3.05) is 13.2 Å². The molecule has 0 aromatic carbocycles. The third kappa shape index (κ3) is 59.5. The van der Waals surface area contributed by atoms with Gasteiger partial charge in [0.15, 0.2) is 6.10 Å². The Morgan fingerprint density at radius 3 is 0.800 bits per heavy atom. The molecule has 1 atom stereocenters. The first-order valence-corrected chi connectivity index (χ1v) is 29.6. The summed E-state index contributed by atoms with van der Waals surface area (Å²) in [6.07, 6.45) is 90.7. The van der Waals surface area contributed by atoms with E-state index in [2.05, 4.69) is 179 Å². The molecule has 418 valence electrons. The maximum Gasteiger partial charge on any atom is 0.306 e. The quantitative estimate of drug-likeness (QED) is 0.0261. The minimum Gasteiger partial charge on any atom is -0.462 e. The van der Waals surface area contributed by atoms with Crippen LogP contribution in [0, 0.1) is 0 Å². The maximum absolute atomic E-state index is 12.9. The molecule has 1 unspecified atom stereocenters. The molecule has 0 bridgehead atoms. The molecule has 0 aliphatic heterocycles. The first-order chi connectivity index (χ1) is 37.0. The summed E-state index contributed by atoms with van der Waals surface area (Å²) in [6, 6.07) is 0. The number of hydrogen-bond acceptors (Lipinski definition) is 6. The van der Waals surface area contributed by atoms with Gasteiger partial charge in [-0.25, -0.2) is 0 Å². The first-order valence-electron chi connectivity index (χ1n) is 29.6. The molecule has 0 aliphatic carbocycles. The number of ether oxygens (including phenoxy) is 3. The fourth-order valence-corrected chi connectivity index (χ4v) is 7.39. The number of esters is 3. The molecular weight excluding hydrogens is 925 g/mol. The largest absolute Gasteiger partial charge is 0.462 e. The molecule has 6 heteroatoms. The third-order valence-corrected chi connectivity index (χ3v) is 11.7. The highest BCUT2D eigenvalue weighted by atomic mass is 16.6. The van der Waals surface area contributed by atoms with Crippen molar-refractivity contribution >= 4 is 17.9 Å². The zero-order valence-corrected chi connectivity index (χ0v) is 47.7. The number of allylic oxidation sites excluding steroid dienone is 28. The highest BCUT2D eigenvalue weighted by Gasteiger charge is 2.19. The smallest absolute Gasteiger partial charge is 0.306 e. The van der Waals surface area contributed by atoms with Gasteiger partial charge in [-0.05, 0) is 135 Å². The second kappa shape index (κ2) is 61.3. The Balaban J connectivity index is 4.59. The fraction of sp³-hybridized carbons (Fsp3) is 0.551. The fourth-order valence-electron chi connectivity index (χ4n) is 7.39. The van der Waals surface area contributed by atoms with Crippen LogP contribution in [0.25, 0.3) is 0 Å². The van der Waals surface area contributed by atoms with E-state index in [1.165, 1.54) is 25.7 Å². The highest BCUT2D eigenvalue weighted by Crippen LogP contribution is 2.13. The van der Waals surface area contributed by atoms with Crippen molar-refractivity contribution in [3.8, 4) is 0 Å². The van der Waals surface area contributed by atoms with Crippen LogP contribution in [-0.4, -0.2) is 37.2 Å². The summed E-state index contributed by atoms with van der Waals surface area (Å²) in [5.41, 5.74) is 0. The molecule has 0 saturated carbocycles. The average Bonchev–Trinajstić information content (AvgIpc) is 3.41. The molecule has 0 rings (SSSR count). The normalized spacial score (nSPS) is 13.4. The Morgan fingerprint density at radius 2 is 0.507 bits per heavy atom. The molecule has 0 aromatic rings. The van der Waals surface area contributed by atoms with Crippen molar-refractivity contribution in [2.24, 2.45) is 0 Å². The lowest BCUT2D eigenvalue weighted by Gasteiger charge is -2.18. The van der Waals surface area contributed by atoms with Crippen LogP contribution in [0.15, 0.2) is 170 Å². The highest BCUT2D eigenvalue weighted by molar-refractivity contribution is 5.71. The van der Waals surface area contributed by atoms with Gasteiger partial charge in [0.05, 0.1) is 0 Å². The van der Waals surface area contributed by atoms with E-state index in [0.717, 1.165) is 154 Å². The minimum atomic E-state index is -0.842. The van der Waals surface area contributed by atoms with Crippen LogP contribution >= 0.6 is 0 Å². The molecule has 6 nitrogen and oxygen atoms in total. The molecule has 0 spiro atoms. The van der Waals surface area contributed by atoms with E-state index < -0.39 is 12.1 Å². The summed E-state index contributed by atoms with van der Waals surface area (Å²) in [4.78, 5) is 38.2. The molecule has 0 heterocycles. The first kappa shape index (κ1) is 69.8. The predicted molar refractivity (Wildman–Crippen MR) is 325 cm³/mol. The van der Waals surface area contributed by atoms with E-state index in [9.17, 15) is 14.4 Å². The summed E-state index contributed by atoms with van der Waals surface area (Å²) >= 11 is 0. The van der Waals surface area contributed by atoms with E-state index in [-0.39, 0.29) is 31.6 Å². The zero-order valence-electron chi connectivity index (χ0n) is 47.7. The number of carbonyl (C=O) groups excluding carboxylic acids is 3. The molecule has 0 fully saturated rings. The second-order valence-electron chi connectivity index (χ2n) is 18.8. The van der Waals surface area contributed by atoms with Crippen LogP contribution in [0.1, 0.15) is 226 Å². The van der Waals surface area contributed by atoms with Gasteiger partial charge >= 0.3 is 17.9 Å². The number of hydrogen-bond donors (Lipinski definition) is 0. The van der Waals surface area contributed by atoms with E-state index in [1.807, 2.05) is 12.2 Å². The van der Waals surface area contributed by atoms with Gasteiger partial charge in [0, 0.05) is 19.3 Å². The molecule has 0 amide bonds. The predicted octanol–water partition coefficient (Wildman–Crippen LogP) is 20.3. The molecule has 0 aliphatic rings. The number of carbonyl (C=O) groups is 3. The summed E-state index contributed by atoms with van der Waals surface area (Å²) < 4.78 is 16.8. The molecular formula is C69H106O6. The summed E-state index contributed by atoms with van der Waals surface area (Å²) in [7, 11) is 0. The van der Waals surface area contributed by atoms with Crippen molar-refractivity contribution in [3.05, 3.63) is 170 Å². The molecule has 0 saturated heterocycles. The van der Waals surface area contributed by atoms with Crippen molar-refractivity contribution in [1.82, 2.24) is 0 Å². The Labute approximate surface area is 460 Å². The van der Waals surface area contributed by atoms with Crippen molar-refractivity contribution < 1.29 is 28.6 Å². The van der Waals surface area contributed by atoms with Crippen LogP contribution in [0.3, 0.4) is 0 Å². The SMILES string of the molecule is CC/C=C\C/C=C\C/C=C\C/C=C\C/C=C\C/C=C\CCC(=O)OC(COC(=O)CCCCCCC/C=C\C/C=C\C/C=C\C/C=C\C/C=C\CC)COC(=O)CCCCCCCCC/C=C\C/C=C\C/C=C\CC. The number of unbranched alkanes of at least 4 members (excludes halogenated alkanes) is 12. The van der Waals surface area contributed by atoms with Crippen LogP contribution in [-0.2, 0) is 28.6 Å². The van der Waals surface area contributed by atoms with Crippen LogP contribution in [0.5, 0.6) is 0 Å². The van der Waals surface area contributed by atoms with Crippen molar-refractivity contribution in [1.29, 1.82) is 0 Å². The van der Waals surface area contributed by atoms with Crippen molar-refractivity contribution in [3.63, 3.8) is 0 Å². The average molecular weight is 1030 g/mol. The third-order valence-electron chi connectivity index (χ3n) is 11.7. The second-order valence-corrected chi connectivity index (χ2v) is 18.8. The van der Waals surface area contributed by atoms with Gasteiger partial charge in [-0.2, -0.15) is 0 Å². The van der Waals surface area contributed by atoms with Crippen LogP contribution in [0.4, 0.5) is 0 Å². The van der Waals surface area contributed by atoms with Gasteiger partial charge in [-0.1, -0.05) is 242 Å². The zero-order chi connectivity index (χ0) is 54.3. The van der Waals surface area contributed by atoms with E-state index in [1.54, 1.807) is 0 Å². The minimum absolute atomic E-state index is 0.128. The summed E-state index contributed by atoms with van der Waals surface area (Å²) in [5.74, 6) is -1.05. The van der Waals surface area contributed by atoms with E-state index in [4.69, 9.17) is 14.2 Å². The van der Waals surface area contributed by atoms with Crippen molar-refractivity contribution in [2.45, 2.75) is 232 Å². The monoisotopic (exact) mass is 1030 g/mol. The summed E-state index contributed by atoms with van der Waals surface area (Å²) in [5, 5.41) is 0. The lowest BCUT2D eigenvalue weighted by atomic mass is 10.1. The lowest BCUT2D eigenvalue weighted by molar-refractivity contribution is -0.166. The van der Waals surface area contributed by atoms with Crippen LogP contribution < -0.4 is 0 Å². The topological polar surface area (TPSA) is 78.9 Å². The van der Waals surface area contributed by atoms with E-state index >= 15 is 0 Å². The van der Waals surface area contributed by atoms with Crippen LogP contribution in [0.2, 0.25) is 0 Å². The van der Waals surface area contributed by atoms with E-state index in [0.29, 0.717) is 19.3 Å². The van der Waals surface area contributed by atoms with Gasteiger partial charge < -0.3 is 14.2 Å². The van der Waals surface area contributed by atoms with Gasteiger partial charge in [-0.3, -0.25) is 14.4 Å². The standard InChI is InChI=1S/C69H106O6/c1-4-7-10-13-16-19-22-25-28-31-33-34-36-38-41-44-47-50-53-56-59-62-68(71)74-65-66(64-73-67(70)61-58-55-52-49-46-43-40-37-30-27-24-21-18-15-12-9-6-3)75-69(72)63-60-57-54-51-48-45-42-39-35-32-29-26-23-20-17-14-11-8-5-2/h7-12,16-21,25-30,33-35,38-39,41,45,48,54,57,66H,4-6,13-15,22-24,31-32,36-37,40,42-44,46-47,49-53,55-56,58-65H2,1-3H3/b10-7-,11-8-,12-9-,19-16-,20-17-,21-18-,28-25-,29-26-,30-27-,34-33-,39-35-,41-38-,48-45-,57-54-. The Morgan fingerprint density at radius 1 is 0.267 bits per heavy atom.